The van der Waals surface area contributed by atoms with Crippen molar-refractivity contribution in [2.24, 2.45) is 0 Å². The first-order valence-corrected chi connectivity index (χ1v) is 8.60. The van der Waals surface area contributed by atoms with Gasteiger partial charge in [-0.1, -0.05) is 6.07 Å². The highest BCUT2D eigenvalue weighted by Gasteiger charge is 2.19. The summed E-state index contributed by atoms with van der Waals surface area (Å²) >= 11 is 0. The van der Waals surface area contributed by atoms with Gasteiger partial charge in [-0.15, -0.1) is 0 Å². The van der Waals surface area contributed by atoms with Crippen molar-refractivity contribution in [3.05, 3.63) is 63.7 Å². The number of anilines is 2. The Balaban J connectivity index is 1.83. The Morgan fingerprint density at radius 2 is 1.86 bits per heavy atom. The van der Waals surface area contributed by atoms with Gasteiger partial charge in [0, 0.05) is 42.2 Å². The van der Waals surface area contributed by atoms with E-state index in [1.807, 2.05) is 18.2 Å². The number of ether oxygens (including phenoxy) is 2. The molecule has 1 fully saturated rings. The minimum atomic E-state index is -0.757. The molecule has 1 N–H and O–H groups in total. The molecule has 0 unspecified atom stereocenters. The first-order valence-electron chi connectivity index (χ1n) is 8.60. The third-order valence-corrected chi connectivity index (χ3v) is 4.29. The molecule has 3 rings (SSSR count). The van der Waals surface area contributed by atoms with Crippen molar-refractivity contribution in [1.29, 1.82) is 0 Å². The molecule has 0 saturated carbocycles. The van der Waals surface area contributed by atoms with E-state index in [0.717, 1.165) is 38.0 Å². The van der Waals surface area contributed by atoms with Gasteiger partial charge >= 0.3 is 5.97 Å². The number of nitrogens with one attached hydrogen (secondary N) is 1. The van der Waals surface area contributed by atoms with E-state index < -0.39 is 16.8 Å². The Morgan fingerprint density at radius 1 is 1.14 bits per heavy atom. The number of amides is 1. The molecule has 0 atom stereocenters. The number of carbonyl (C=O) groups excluding carboxylic acids is 2. The molecule has 28 heavy (non-hydrogen) atoms. The third kappa shape index (κ3) is 4.44. The monoisotopic (exact) mass is 385 g/mol. The molecule has 0 aromatic heterocycles. The lowest BCUT2D eigenvalue weighted by atomic mass is 10.1. The third-order valence-electron chi connectivity index (χ3n) is 4.29. The van der Waals surface area contributed by atoms with Crippen LogP contribution < -0.4 is 10.2 Å². The van der Waals surface area contributed by atoms with Crippen LogP contribution in [-0.2, 0) is 9.47 Å². The van der Waals surface area contributed by atoms with Gasteiger partial charge in [-0.3, -0.25) is 14.9 Å². The molecule has 1 heterocycles. The summed E-state index contributed by atoms with van der Waals surface area (Å²) in [5, 5.41) is 13.8. The number of morpholine rings is 1. The Bertz CT molecular complexity index is 908. The fraction of sp³-hybridized carbons (Fsp3) is 0.263. The molecule has 0 bridgehead atoms. The minimum absolute atomic E-state index is 0.00799. The molecule has 2 aromatic carbocycles. The van der Waals surface area contributed by atoms with E-state index in [2.05, 4.69) is 15.0 Å². The van der Waals surface area contributed by atoms with Crippen molar-refractivity contribution in [2.45, 2.75) is 0 Å². The maximum absolute atomic E-state index is 12.6. The highest BCUT2D eigenvalue weighted by molar-refractivity contribution is 6.06. The molecular weight excluding hydrogens is 366 g/mol. The molecule has 0 aliphatic carbocycles. The van der Waals surface area contributed by atoms with Gasteiger partial charge in [0.05, 0.1) is 30.8 Å². The summed E-state index contributed by atoms with van der Waals surface area (Å²) in [6.07, 6.45) is 0. The summed E-state index contributed by atoms with van der Waals surface area (Å²) in [6, 6.07) is 10.7. The molecule has 1 saturated heterocycles. The number of esters is 1. The van der Waals surface area contributed by atoms with E-state index in [1.165, 1.54) is 6.07 Å². The van der Waals surface area contributed by atoms with Crippen LogP contribution in [0.1, 0.15) is 20.7 Å². The number of nitrogens with zero attached hydrogens (tertiary/aromatic N) is 2. The average Bonchev–Trinajstić information content (AvgIpc) is 2.73. The number of hydrogen-bond acceptors (Lipinski definition) is 7. The number of methoxy groups -OCH3 is 1. The van der Waals surface area contributed by atoms with Gasteiger partial charge < -0.3 is 19.7 Å². The quantitative estimate of drug-likeness (QED) is 0.478. The SMILES string of the molecule is COC(=O)c1cc(C(=O)Nc2cccc(N3CCOCC3)c2)cc([N+](=O)[O-])c1. The Morgan fingerprint density at radius 3 is 2.54 bits per heavy atom. The molecule has 1 aliphatic heterocycles. The summed E-state index contributed by atoms with van der Waals surface area (Å²) in [7, 11) is 1.16. The Hall–Kier alpha value is -3.46. The van der Waals surface area contributed by atoms with E-state index in [-0.39, 0.29) is 16.8 Å². The summed E-state index contributed by atoms with van der Waals surface area (Å²) in [6.45, 7) is 2.79. The standard InChI is InChI=1S/C19H19N3O6/c1-27-19(24)14-9-13(10-17(11-14)22(25)26)18(23)20-15-3-2-4-16(12-15)21-5-7-28-8-6-21/h2-4,9-12H,5-8H2,1H3,(H,20,23). The van der Waals surface area contributed by atoms with Crippen molar-refractivity contribution in [1.82, 2.24) is 0 Å². The van der Waals surface area contributed by atoms with E-state index in [4.69, 9.17) is 4.74 Å². The topological polar surface area (TPSA) is 111 Å². The van der Waals surface area contributed by atoms with Crippen LogP contribution in [0.25, 0.3) is 0 Å². The number of hydrogen-bond donors (Lipinski definition) is 1. The van der Waals surface area contributed by atoms with Crippen LogP contribution in [0.2, 0.25) is 0 Å². The smallest absolute Gasteiger partial charge is 0.338 e. The van der Waals surface area contributed by atoms with E-state index >= 15 is 0 Å². The van der Waals surface area contributed by atoms with Crippen LogP contribution in [0.5, 0.6) is 0 Å². The lowest BCUT2D eigenvalue weighted by Crippen LogP contribution is -2.36. The predicted molar refractivity (Wildman–Crippen MR) is 102 cm³/mol. The fourth-order valence-electron chi connectivity index (χ4n) is 2.89. The van der Waals surface area contributed by atoms with Crippen molar-refractivity contribution in [3.8, 4) is 0 Å². The van der Waals surface area contributed by atoms with Gasteiger partial charge in [0.15, 0.2) is 0 Å². The number of carbonyl (C=O) groups is 2. The van der Waals surface area contributed by atoms with Crippen molar-refractivity contribution in [3.63, 3.8) is 0 Å². The van der Waals surface area contributed by atoms with E-state index in [1.54, 1.807) is 6.07 Å². The van der Waals surface area contributed by atoms with Crippen LogP contribution >= 0.6 is 0 Å². The largest absolute Gasteiger partial charge is 0.465 e. The lowest BCUT2D eigenvalue weighted by molar-refractivity contribution is -0.384. The molecule has 0 spiro atoms. The van der Waals surface area contributed by atoms with Gasteiger partial charge in [0.1, 0.15) is 0 Å². The molecule has 146 valence electrons. The molecule has 9 nitrogen and oxygen atoms in total. The van der Waals surface area contributed by atoms with Crippen LogP contribution in [0.4, 0.5) is 17.1 Å². The van der Waals surface area contributed by atoms with Crippen molar-refractivity contribution >= 4 is 28.9 Å². The van der Waals surface area contributed by atoms with Crippen LogP contribution in [0.3, 0.4) is 0 Å². The first-order chi connectivity index (χ1) is 13.5. The van der Waals surface area contributed by atoms with Gasteiger partial charge in [0.2, 0.25) is 0 Å². The highest BCUT2D eigenvalue weighted by Crippen LogP contribution is 2.23. The summed E-state index contributed by atoms with van der Waals surface area (Å²) in [4.78, 5) is 37.0. The van der Waals surface area contributed by atoms with Crippen molar-refractivity contribution < 1.29 is 24.0 Å². The van der Waals surface area contributed by atoms with Gasteiger partial charge in [-0.2, -0.15) is 0 Å². The second-order valence-corrected chi connectivity index (χ2v) is 6.12. The average molecular weight is 385 g/mol. The number of rotatable bonds is 5. The summed E-state index contributed by atoms with van der Waals surface area (Å²) in [5.41, 5.74) is 1.04. The van der Waals surface area contributed by atoms with Crippen LogP contribution in [-0.4, -0.2) is 50.2 Å². The number of nitro groups is 1. The zero-order valence-corrected chi connectivity index (χ0v) is 15.2. The predicted octanol–water partition coefficient (Wildman–Crippen LogP) is 2.47. The van der Waals surface area contributed by atoms with E-state index in [0.29, 0.717) is 18.9 Å². The summed E-state index contributed by atoms with van der Waals surface area (Å²) < 4.78 is 9.94. The normalized spacial score (nSPS) is 13.7. The van der Waals surface area contributed by atoms with Gasteiger partial charge in [0.25, 0.3) is 11.6 Å². The minimum Gasteiger partial charge on any atom is -0.465 e. The maximum atomic E-state index is 12.6. The van der Waals surface area contributed by atoms with Crippen LogP contribution in [0.15, 0.2) is 42.5 Å². The fourth-order valence-corrected chi connectivity index (χ4v) is 2.89. The molecular formula is C19H19N3O6. The zero-order chi connectivity index (χ0) is 20.1. The molecule has 1 amide bonds. The second-order valence-electron chi connectivity index (χ2n) is 6.12. The van der Waals surface area contributed by atoms with Crippen LogP contribution in [0, 0.1) is 10.1 Å². The molecule has 2 aromatic rings. The molecule has 9 heteroatoms. The number of nitro benzene ring substituents is 1. The Labute approximate surface area is 161 Å². The first kappa shape index (κ1) is 19.3. The number of benzene rings is 2. The van der Waals surface area contributed by atoms with Gasteiger partial charge in [-0.05, 0) is 24.3 Å². The molecule has 1 aliphatic rings. The van der Waals surface area contributed by atoms with E-state index in [9.17, 15) is 19.7 Å². The number of non-ortho nitro benzene ring substituents is 1. The Kier molecular flexibility index (Phi) is 5.85. The highest BCUT2D eigenvalue weighted by atomic mass is 16.6. The summed E-state index contributed by atoms with van der Waals surface area (Å²) in [5.74, 6) is -1.32. The maximum Gasteiger partial charge on any atom is 0.338 e. The van der Waals surface area contributed by atoms with Gasteiger partial charge in [-0.25, -0.2) is 4.79 Å². The zero-order valence-electron chi connectivity index (χ0n) is 15.2. The van der Waals surface area contributed by atoms with Crippen molar-refractivity contribution in [2.75, 3.05) is 43.6 Å². The second kappa shape index (κ2) is 8.49. The lowest BCUT2D eigenvalue weighted by Gasteiger charge is -2.29. The molecule has 0 radical (unpaired) electrons.